The molecule has 0 unspecified atom stereocenters. The summed E-state index contributed by atoms with van der Waals surface area (Å²) >= 11 is 1.55. The topological polar surface area (TPSA) is 49.3 Å². The van der Waals surface area contributed by atoms with Crippen molar-refractivity contribution in [2.24, 2.45) is 5.92 Å². The summed E-state index contributed by atoms with van der Waals surface area (Å²) in [6.07, 6.45) is 1.50. The summed E-state index contributed by atoms with van der Waals surface area (Å²) in [5.41, 5.74) is 1.81. The van der Waals surface area contributed by atoms with Crippen LogP contribution in [0.15, 0.2) is 10.8 Å². The van der Waals surface area contributed by atoms with E-state index in [2.05, 4.69) is 5.32 Å². The first-order chi connectivity index (χ1) is 7.16. The molecule has 1 aliphatic carbocycles. The van der Waals surface area contributed by atoms with Crippen LogP contribution in [0.1, 0.15) is 28.8 Å². The average molecular weight is 225 g/mol. The maximum Gasteiger partial charge on any atom is 0.252 e. The smallest absolute Gasteiger partial charge is 0.252 e. The van der Waals surface area contributed by atoms with Gasteiger partial charge in [0, 0.05) is 11.9 Å². The molecule has 1 aromatic heterocycles. The number of aryl methyl sites for hydroxylation is 1. The van der Waals surface area contributed by atoms with E-state index < -0.39 is 0 Å². The number of nitrogens with one attached hydrogen (secondary N) is 1. The lowest BCUT2D eigenvalue weighted by molar-refractivity contribution is 0.0420. The average Bonchev–Trinajstić information content (AvgIpc) is 2.57. The van der Waals surface area contributed by atoms with E-state index in [1.165, 1.54) is 0 Å². The van der Waals surface area contributed by atoms with Gasteiger partial charge in [0.1, 0.15) is 0 Å². The number of carbonyl (C=O) groups is 1. The van der Waals surface area contributed by atoms with Gasteiger partial charge in [-0.2, -0.15) is 11.3 Å². The summed E-state index contributed by atoms with van der Waals surface area (Å²) in [5.74, 6) is 0.470. The third-order valence-electron chi connectivity index (χ3n) is 2.86. The molecule has 3 nitrogen and oxygen atoms in total. The first-order valence-electron chi connectivity index (χ1n) is 5.16. The molecule has 15 heavy (non-hydrogen) atoms. The van der Waals surface area contributed by atoms with Gasteiger partial charge in [0.25, 0.3) is 5.91 Å². The molecule has 4 heteroatoms. The van der Waals surface area contributed by atoms with Crippen LogP contribution in [0.2, 0.25) is 0 Å². The number of rotatable bonds is 3. The Morgan fingerprint density at radius 1 is 1.60 bits per heavy atom. The van der Waals surface area contributed by atoms with Gasteiger partial charge < -0.3 is 10.4 Å². The number of hydrogen-bond donors (Lipinski definition) is 2. The van der Waals surface area contributed by atoms with Crippen molar-refractivity contribution in [3.8, 4) is 0 Å². The third kappa shape index (κ3) is 2.38. The highest BCUT2D eigenvalue weighted by Gasteiger charge is 2.27. The Morgan fingerprint density at radius 3 is 2.87 bits per heavy atom. The lowest BCUT2D eigenvalue weighted by Gasteiger charge is -2.31. The molecule has 1 aromatic rings. The van der Waals surface area contributed by atoms with Crippen molar-refractivity contribution < 1.29 is 9.90 Å². The normalized spacial score (nSPS) is 24.7. The van der Waals surface area contributed by atoms with E-state index in [0.29, 0.717) is 12.5 Å². The van der Waals surface area contributed by atoms with E-state index in [4.69, 9.17) is 5.11 Å². The molecule has 82 valence electrons. The summed E-state index contributed by atoms with van der Waals surface area (Å²) < 4.78 is 0. The van der Waals surface area contributed by atoms with Gasteiger partial charge >= 0.3 is 0 Å². The van der Waals surface area contributed by atoms with Crippen LogP contribution in [0.25, 0.3) is 0 Å². The Balaban J connectivity index is 1.80. The molecule has 1 saturated carbocycles. The molecule has 0 radical (unpaired) electrons. The van der Waals surface area contributed by atoms with Crippen molar-refractivity contribution in [1.29, 1.82) is 0 Å². The summed E-state index contributed by atoms with van der Waals surface area (Å²) in [6.45, 7) is 2.63. The minimum Gasteiger partial charge on any atom is -0.393 e. The molecule has 0 atom stereocenters. The second-order valence-corrected chi connectivity index (χ2v) is 4.91. The van der Waals surface area contributed by atoms with Gasteiger partial charge in [-0.15, -0.1) is 0 Å². The Labute approximate surface area is 93.1 Å². The third-order valence-corrected chi connectivity index (χ3v) is 3.72. The second kappa shape index (κ2) is 4.33. The van der Waals surface area contributed by atoms with Gasteiger partial charge in [-0.1, -0.05) is 0 Å². The van der Waals surface area contributed by atoms with Gasteiger partial charge in [-0.25, -0.2) is 0 Å². The van der Waals surface area contributed by atoms with Crippen LogP contribution in [0, 0.1) is 12.8 Å². The SMILES string of the molecule is Cc1cscc1C(=O)NCC1CC(O)C1. The van der Waals surface area contributed by atoms with Crippen LogP contribution >= 0.6 is 11.3 Å². The molecule has 1 amide bonds. The molecule has 0 spiro atoms. The molecule has 0 aromatic carbocycles. The molecule has 2 rings (SSSR count). The van der Waals surface area contributed by atoms with Gasteiger partial charge in [-0.05, 0) is 36.6 Å². The standard InChI is InChI=1S/C11H15NO2S/c1-7-5-15-6-10(7)11(14)12-4-8-2-9(13)3-8/h5-6,8-9,13H,2-4H2,1H3,(H,12,14). The number of aliphatic hydroxyl groups is 1. The lowest BCUT2D eigenvalue weighted by atomic mass is 9.82. The number of thiophene rings is 1. The van der Waals surface area contributed by atoms with Crippen molar-refractivity contribution >= 4 is 17.2 Å². The van der Waals surface area contributed by atoms with E-state index in [1.807, 2.05) is 17.7 Å². The quantitative estimate of drug-likeness (QED) is 0.820. The highest BCUT2D eigenvalue weighted by atomic mass is 32.1. The van der Waals surface area contributed by atoms with E-state index in [0.717, 1.165) is 24.0 Å². The van der Waals surface area contributed by atoms with Crippen LogP contribution in [-0.4, -0.2) is 23.7 Å². The zero-order valence-electron chi connectivity index (χ0n) is 8.69. The minimum atomic E-state index is -0.144. The predicted molar refractivity (Wildman–Crippen MR) is 60.1 cm³/mol. The van der Waals surface area contributed by atoms with Gasteiger partial charge in [-0.3, -0.25) is 4.79 Å². The van der Waals surface area contributed by atoms with Crippen LogP contribution in [0.3, 0.4) is 0 Å². The number of amides is 1. The van der Waals surface area contributed by atoms with Crippen molar-refractivity contribution in [1.82, 2.24) is 5.32 Å². The van der Waals surface area contributed by atoms with E-state index in [-0.39, 0.29) is 12.0 Å². The fraction of sp³-hybridized carbons (Fsp3) is 0.545. The Kier molecular flexibility index (Phi) is 3.07. The molecule has 0 saturated heterocycles. The van der Waals surface area contributed by atoms with Crippen LogP contribution in [0.4, 0.5) is 0 Å². The summed E-state index contributed by atoms with van der Waals surface area (Å²) in [4.78, 5) is 11.7. The van der Waals surface area contributed by atoms with Crippen LogP contribution in [-0.2, 0) is 0 Å². The largest absolute Gasteiger partial charge is 0.393 e. The molecule has 0 bridgehead atoms. The zero-order valence-corrected chi connectivity index (χ0v) is 9.51. The molecule has 1 aliphatic rings. The zero-order chi connectivity index (χ0) is 10.8. The number of carbonyl (C=O) groups excluding carboxylic acids is 1. The first-order valence-corrected chi connectivity index (χ1v) is 6.10. The van der Waals surface area contributed by atoms with Gasteiger partial charge in [0.05, 0.1) is 11.7 Å². The Morgan fingerprint density at radius 2 is 2.33 bits per heavy atom. The number of aliphatic hydroxyl groups excluding tert-OH is 1. The lowest BCUT2D eigenvalue weighted by Crippen LogP contribution is -2.38. The first kappa shape index (κ1) is 10.6. The highest BCUT2D eigenvalue weighted by molar-refractivity contribution is 7.08. The van der Waals surface area contributed by atoms with E-state index in [9.17, 15) is 4.79 Å². The highest BCUT2D eigenvalue weighted by Crippen LogP contribution is 2.26. The summed E-state index contributed by atoms with van der Waals surface area (Å²) in [5, 5.41) is 15.9. The molecule has 2 N–H and O–H groups in total. The predicted octanol–water partition coefficient (Wildman–Crippen LogP) is 1.56. The molecule has 0 aliphatic heterocycles. The molecular weight excluding hydrogens is 210 g/mol. The number of hydrogen-bond acceptors (Lipinski definition) is 3. The molecule has 1 heterocycles. The maximum absolute atomic E-state index is 11.7. The Hall–Kier alpha value is -0.870. The van der Waals surface area contributed by atoms with Crippen molar-refractivity contribution in [2.75, 3.05) is 6.54 Å². The van der Waals surface area contributed by atoms with Gasteiger partial charge in [0.2, 0.25) is 0 Å². The fourth-order valence-electron chi connectivity index (χ4n) is 1.79. The summed E-state index contributed by atoms with van der Waals surface area (Å²) in [6, 6.07) is 0. The monoisotopic (exact) mass is 225 g/mol. The van der Waals surface area contributed by atoms with E-state index in [1.54, 1.807) is 11.3 Å². The minimum absolute atomic E-state index is 0.00939. The fourth-order valence-corrected chi connectivity index (χ4v) is 2.62. The Bertz CT molecular complexity index is 355. The molecular formula is C11H15NO2S. The van der Waals surface area contributed by atoms with Crippen LogP contribution in [0.5, 0.6) is 0 Å². The maximum atomic E-state index is 11.7. The van der Waals surface area contributed by atoms with Crippen molar-refractivity contribution in [3.63, 3.8) is 0 Å². The van der Waals surface area contributed by atoms with Gasteiger partial charge in [0.15, 0.2) is 0 Å². The van der Waals surface area contributed by atoms with Crippen molar-refractivity contribution in [2.45, 2.75) is 25.9 Å². The van der Waals surface area contributed by atoms with E-state index >= 15 is 0 Å². The molecule has 1 fully saturated rings. The summed E-state index contributed by atoms with van der Waals surface area (Å²) in [7, 11) is 0. The van der Waals surface area contributed by atoms with Crippen molar-refractivity contribution in [3.05, 3.63) is 21.9 Å². The van der Waals surface area contributed by atoms with Crippen LogP contribution < -0.4 is 5.32 Å². The second-order valence-electron chi connectivity index (χ2n) is 4.17.